The first-order chi connectivity index (χ1) is 13.9. The molecule has 0 radical (unpaired) electrons. The van der Waals surface area contributed by atoms with Gasteiger partial charge in [-0.1, -0.05) is 36.4 Å². The average molecular weight is 412 g/mol. The van der Waals surface area contributed by atoms with Crippen molar-refractivity contribution in [3.63, 3.8) is 0 Å². The Bertz CT molecular complexity index is 901. The van der Waals surface area contributed by atoms with Crippen LogP contribution in [0, 0.1) is 13.8 Å². The van der Waals surface area contributed by atoms with Crippen LogP contribution in [-0.4, -0.2) is 46.8 Å². The van der Waals surface area contributed by atoms with Crippen molar-refractivity contribution in [2.24, 2.45) is 0 Å². The highest BCUT2D eigenvalue weighted by molar-refractivity contribution is 7.99. The van der Waals surface area contributed by atoms with E-state index in [1.807, 2.05) is 62.4 Å². The van der Waals surface area contributed by atoms with Crippen LogP contribution in [0.15, 0.2) is 48.5 Å². The van der Waals surface area contributed by atoms with Crippen LogP contribution < -0.4 is 10.6 Å². The molecule has 2 N–H and O–H groups in total. The van der Waals surface area contributed by atoms with Gasteiger partial charge in [0, 0.05) is 11.4 Å². The zero-order valence-electron chi connectivity index (χ0n) is 16.6. The van der Waals surface area contributed by atoms with Gasteiger partial charge in [-0.05, 0) is 42.7 Å². The molecule has 2 aromatic rings. The standard InChI is InChI=1S/C22H25N3O3S/c1-15-8-9-18(10-16(15)2)24-22(28)19-13-29-14-25(19)21(27)12-23-20(26)11-17-6-4-3-5-7-17/h3-10,19H,11-14H2,1-2H3,(H,23,26)(H,24,28). The third kappa shape index (κ3) is 5.60. The van der Waals surface area contributed by atoms with Gasteiger partial charge in [0.1, 0.15) is 6.04 Å². The molecule has 1 heterocycles. The second kappa shape index (κ2) is 9.60. The fourth-order valence-corrected chi connectivity index (χ4v) is 4.25. The molecule has 1 aliphatic rings. The van der Waals surface area contributed by atoms with Gasteiger partial charge >= 0.3 is 0 Å². The monoisotopic (exact) mass is 411 g/mol. The third-order valence-electron chi connectivity index (χ3n) is 4.92. The minimum Gasteiger partial charge on any atom is -0.347 e. The zero-order chi connectivity index (χ0) is 20.8. The lowest BCUT2D eigenvalue weighted by molar-refractivity contribution is -0.136. The van der Waals surface area contributed by atoms with Gasteiger partial charge in [-0.15, -0.1) is 11.8 Å². The van der Waals surface area contributed by atoms with Crippen molar-refractivity contribution >= 4 is 35.2 Å². The molecule has 0 aliphatic carbocycles. The van der Waals surface area contributed by atoms with Crippen LogP contribution in [-0.2, 0) is 20.8 Å². The van der Waals surface area contributed by atoms with Crippen molar-refractivity contribution in [1.29, 1.82) is 0 Å². The molecule has 3 rings (SSSR count). The number of hydrogen-bond acceptors (Lipinski definition) is 4. The van der Waals surface area contributed by atoms with E-state index in [1.54, 1.807) is 0 Å². The highest BCUT2D eigenvalue weighted by Gasteiger charge is 2.34. The van der Waals surface area contributed by atoms with Gasteiger partial charge in [0.15, 0.2) is 0 Å². The summed E-state index contributed by atoms with van der Waals surface area (Å²) in [7, 11) is 0. The quantitative estimate of drug-likeness (QED) is 0.766. The molecule has 0 aromatic heterocycles. The van der Waals surface area contributed by atoms with Crippen LogP contribution in [0.1, 0.15) is 16.7 Å². The molecule has 0 saturated carbocycles. The zero-order valence-corrected chi connectivity index (χ0v) is 17.4. The van der Waals surface area contributed by atoms with Crippen LogP contribution in [0.3, 0.4) is 0 Å². The number of aryl methyl sites for hydroxylation is 2. The molecule has 6 nitrogen and oxygen atoms in total. The molecule has 152 valence electrons. The molecule has 0 spiro atoms. The summed E-state index contributed by atoms with van der Waals surface area (Å²) in [5.41, 5.74) is 3.86. The minimum atomic E-state index is -0.542. The summed E-state index contributed by atoms with van der Waals surface area (Å²) in [5, 5.41) is 5.56. The lowest BCUT2D eigenvalue weighted by atomic mass is 10.1. The second-order valence-corrected chi connectivity index (χ2v) is 8.11. The van der Waals surface area contributed by atoms with Crippen LogP contribution >= 0.6 is 11.8 Å². The molecular formula is C22H25N3O3S. The van der Waals surface area contributed by atoms with E-state index in [2.05, 4.69) is 10.6 Å². The number of nitrogens with zero attached hydrogens (tertiary/aromatic N) is 1. The van der Waals surface area contributed by atoms with E-state index in [4.69, 9.17) is 0 Å². The van der Waals surface area contributed by atoms with Crippen LogP contribution in [0.25, 0.3) is 0 Å². The molecule has 29 heavy (non-hydrogen) atoms. The van der Waals surface area contributed by atoms with Gasteiger partial charge in [-0.3, -0.25) is 14.4 Å². The Hall–Kier alpha value is -2.80. The Labute approximate surface area is 175 Å². The summed E-state index contributed by atoms with van der Waals surface area (Å²) in [5.74, 6) is 0.310. The van der Waals surface area contributed by atoms with Gasteiger partial charge < -0.3 is 15.5 Å². The van der Waals surface area contributed by atoms with E-state index < -0.39 is 6.04 Å². The highest BCUT2D eigenvalue weighted by atomic mass is 32.2. The van der Waals surface area contributed by atoms with Crippen LogP contribution in [0.4, 0.5) is 5.69 Å². The number of benzene rings is 2. The van der Waals surface area contributed by atoms with Crippen molar-refractivity contribution in [3.8, 4) is 0 Å². The Kier molecular flexibility index (Phi) is 6.93. The van der Waals surface area contributed by atoms with E-state index in [0.29, 0.717) is 11.6 Å². The van der Waals surface area contributed by atoms with Gasteiger partial charge in [-0.2, -0.15) is 0 Å². The maximum Gasteiger partial charge on any atom is 0.248 e. The number of amides is 3. The largest absolute Gasteiger partial charge is 0.347 e. The first-order valence-corrected chi connectivity index (χ1v) is 10.7. The Balaban J connectivity index is 1.53. The molecule has 3 amide bonds. The normalized spacial score (nSPS) is 15.8. The SMILES string of the molecule is Cc1ccc(NC(=O)C2CSCN2C(=O)CNC(=O)Cc2ccccc2)cc1C. The number of anilines is 1. The fraction of sp³-hybridized carbons (Fsp3) is 0.318. The third-order valence-corrected chi connectivity index (χ3v) is 5.94. The number of nitrogens with one attached hydrogen (secondary N) is 2. The predicted molar refractivity (Wildman–Crippen MR) is 116 cm³/mol. The van der Waals surface area contributed by atoms with Gasteiger partial charge in [0.05, 0.1) is 18.8 Å². The summed E-state index contributed by atoms with van der Waals surface area (Å²) in [6.45, 7) is 3.89. The van der Waals surface area contributed by atoms with Gasteiger partial charge in [0.2, 0.25) is 17.7 Å². The lowest BCUT2D eigenvalue weighted by Crippen LogP contribution is -2.48. The first-order valence-electron chi connectivity index (χ1n) is 9.50. The fourth-order valence-electron chi connectivity index (χ4n) is 3.07. The van der Waals surface area contributed by atoms with E-state index in [1.165, 1.54) is 16.7 Å². The van der Waals surface area contributed by atoms with Crippen molar-refractivity contribution in [1.82, 2.24) is 10.2 Å². The molecule has 1 aliphatic heterocycles. The second-order valence-electron chi connectivity index (χ2n) is 7.11. The van der Waals surface area contributed by atoms with E-state index in [0.717, 1.165) is 22.4 Å². The van der Waals surface area contributed by atoms with E-state index in [-0.39, 0.29) is 30.7 Å². The Morgan fingerprint density at radius 3 is 2.55 bits per heavy atom. The van der Waals surface area contributed by atoms with Crippen molar-refractivity contribution < 1.29 is 14.4 Å². The molecular weight excluding hydrogens is 386 g/mol. The molecule has 1 saturated heterocycles. The van der Waals surface area contributed by atoms with Gasteiger partial charge in [-0.25, -0.2) is 0 Å². The smallest absolute Gasteiger partial charge is 0.248 e. The number of rotatable bonds is 6. The van der Waals surface area contributed by atoms with E-state index in [9.17, 15) is 14.4 Å². The Morgan fingerprint density at radius 1 is 1.07 bits per heavy atom. The summed E-state index contributed by atoms with van der Waals surface area (Å²) >= 11 is 1.53. The first kappa shape index (κ1) is 20.9. The summed E-state index contributed by atoms with van der Waals surface area (Å²) in [4.78, 5) is 38.9. The summed E-state index contributed by atoms with van der Waals surface area (Å²) < 4.78 is 0. The van der Waals surface area contributed by atoms with Crippen molar-refractivity contribution in [2.75, 3.05) is 23.5 Å². The van der Waals surface area contributed by atoms with Crippen molar-refractivity contribution in [3.05, 3.63) is 65.2 Å². The van der Waals surface area contributed by atoms with Crippen LogP contribution in [0.2, 0.25) is 0 Å². The van der Waals surface area contributed by atoms with Crippen LogP contribution in [0.5, 0.6) is 0 Å². The summed E-state index contributed by atoms with van der Waals surface area (Å²) in [6, 6.07) is 14.6. The minimum absolute atomic E-state index is 0.111. The Morgan fingerprint density at radius 2 is 1.83 bits per heavy atom. The average Bonchev–Trinajstić information content (AvgIpc) is 3.20. The molecule has 0 bridgehead atoms. The number of carbonyl (C=O) groups excluding carboxylic acids is 3. The molecule has 2 aromatic carbocycles. The van der Waals surface area contributed by atoms with Crippen molar-refractivity contribution in [2.45, 2.75) is 26.3 Å². The number of hydrogen-bond donors (Lipinski definition) is 2. The maximum atomic E-state index is 12.7. The predicted octanol–water partition coefficient (Wildman–Crippen LogP) is 2.50. The topological polar surface area (TPSA) is 78.5 Å². The molecule has 1 fully saturated rings. The summed E-state index contributed by atoms with van der Waals surface area (Å²) in [6.07, 6.45) is 0.222. The molecule has 7 heteroatoms. The van der Waals surface area contributed by atoms with Gasteiger partial charge in [0.25, 0.3) is 0 Å². The molecule has 1 unspecified atom stereocenters. The lowest BCUT2D eigenvalue weighted by Gasteiger charge is -2.23. The van der Waals surface area contributed by atoms with E-state index >= 15 is 0 Å². The number of carbonyl (C=O) groups is 3. The molecule has 1 atom stereocenters. The number of thioether (sulfide) groups is 1. The maximum absolute atomic E-state index is 12.7. The highest BCUT2D eigenvalue weighted by Crippen LogP contribution is 2.23.